The van der Waals surface area contributed by atoms with E-state index < -0.39 is 0 Å². The van der Waals surface area contributed by atoms with Crippen LogP contribution in [-0.4, -0.2) is 53.8 Å². The smallest absolute Gasteiger partial charge is 0.260 e. The highest BCUT2D eigenvalue weighted by molar-refractivity contribution is 5.86. The van der Waals surface area contributed by atoms with E-state index in [1.54, 1.807) is 0 Å². The number of hydrogen-bond acceptors (Lipinski definition) is 5. The minimum atomic E-state index is 0.0169. The minimum Gasteiger partial charge on any atom is -0.483 e. The van der Waals surface area contributed by atoms with E-state index in [0.717, 1.165) is 47.9 Å². The van der Waals surface area contributed by atoms with Crippen molar-refractivity contribution in [2.24, 2.45) is 0 Å². The van der Waals surface area contributed by atoms with Crippen molar-refractivity contribution in [2.75, 3.05) is 37.7 Å². The Morgan fingerprint density at radius 1 is 0.853 bits per heavy atom. The zero-order valence-corrected chi connectivity index (χ0v) is 19.4. The Kier molecular flexibility index (Phi) is 6.38. The number of aryl methyl sites for hydroxylation is 1. The number of aromatic nitrogens is 2. The minimum absolute atomic E-state index is 0.0169. The van der Waals surface area contributed by atoms with Gasteiger partial charge in [-0.05, 0) is 47.0 Å². The third-order valence-electron chi connectivity index (χ3n) is 6.36. The third kappa shape index (κ3) is 4.71. The van der Waals surface area contributed by atoms with Gasteiger partial charge in [0.15, 0.2) is 12.4 Å². The first-order valence-corrected chi connectivity index (χ1v) is 11.8. The van der Waals surface area contributed by atoms with Gasteiger partial charge in [0.05, 0.1) is 5.69 Å². The Hall–Kier alpha value is -3.93. The molecule has 34 heavy (non-hydrogen) atoms. The summed E-state index contributed by atoms with van der Waals surface area (Å²) in [6.45, 7) is 4.89. The van der Waals surface area contributed by atoms with Gasteiger partial charge in [-0.1, -0.05) is 61.5 Å². The number of benzene rings is 3. The maximum Gasteiger partial charge on any atom is 0.260 e. The van der Waals surface area contributed by atoms with Crippen LogP contribution >= 0.6 is 0 Å². The first-order chi connectivity index (χ1) is 16.7. The van der Waals surface area contributed by atoms with Crippen LogP contribution < -0.4 is 9.64 Å². The van der Waals surface area contributed by atoms with E-state index >= 15 is 0 Å². The molecular weight excluding hydrogens is 424 g/mol. The number of fused-ring (bicyclic) bond motifs is 1. The van der Waals surface area contributed by atoms with Crippen LogP contribution in [0.5, 0.6) is 5.75 Å². The Morgan fingerprint density at radius 3 is 2.38 bits per heavy atom. The van der Waals surface area contributed by atoms with Crippen molar-refractivity contribution in [3.05, 3.63) is 84.4 Å². The van der Waals surface area contributed by atoms with Gasteiger partial charge in [-0.25, -0.2) is 0 Å². The number of carbonyl (C=O) groups excluding carboxylic acids is 1. The van der Waals surface area contributed by atoms with Gasteiger partial charge in [-0.2, -0.15) is 0 Å². The van der Waals surface area contributed by atoms with Crippen molar-refractivity contribution in [3.63, 3.8) is 0 Å². The number of carbonyl (C=O) groups is 1. The summed E-state index contributed by atoms with van der Waals surface area (Å²) in [6.07, 6.45) is 0.879. The van der Waals surface area contributed by atoms with E-state index in [4.69, 9.17) is 4.74 Å². The lowest BCUT2D eigenvalue weighted by Crippen LogP contribution is -2.50. The van der Waals surface area contributed by atoms with Gasteiger partial charge in [0.2, 0.25) is 0 Å². The topological polar surface area (TPSA) is 58.6 Å². The molecule has 0 N–H and O–H groups in total. The summed E-state index contributed by atoms with van der Waals surface area (Å²) < 4.78 is 5.81. The summed E-state index contributed by atoms with van der Waals surface area (Å²) in [4.78, 5) is 16.7. The molecule has 0 aliphatic carbocycles. The average molecular weight is 453 g/mol. The fourth-order valence-electron chi connectivity index (χ4n) is 4.35. The molecule has 0 spiro atoms. The van der Waals surface area contributed by atoms with Gasteiger partial charge >= 0.3 is 0 Å². The number of rotatable bonds is 6. The zero-order valence-electron chi connectivity index (χ0n) is 19.4. The Labute approximate surface area is 199 Å². The molecule has 0 saturated carbocycles. The molecule has 5 rings (SSSR count). The van der Waals surface area contributed by atoms with Gasteiger partial charge in [-0.3, -0.25) is 4.79 Å². The average Bonchev–Trinajstić information content (AvgIpc) is 2.92. The van der Waals surface area contributed by atoms with E-state index in [9.17, 15) is 4.79 Å². The van der Waals surface area contributed by atoms with E-state index in [1.807, 2.05) is 53.4 Å². The molecule has 1 fully saturated rings. The molecule has 3 aromatic carbocycles. The van der Waals surface area contributed by atoms with Crippen molar-refractivity contribution in [1.82, 2.24) is 15.1 Å². The lowest BCUT2D eigenvalue weighted by atomic mass is 10.1. The summed E-state index contributed by atoms with van der Waals surface area (Å²) in [5.74, 6) is 1.65. The number of anilines is 1. The molecule has 2 heterocycles. The molecule has 4 aromatic rings. The lowest BCUT2D eigenvalue weighted by molar-refractivity contribution is -0.133. The van der Waals surface area contributed by atoms with Gasteiger partial charge in [-0.15, -0.1) is 10.2 Å². The molecule has 1 aromatic heterocycles. The zero-order chi connectivity index (χ0) is 23.3. The number of para-hydroxylation sites is 1. The summed E-state index contributed by atoms with van der Waals surface area (Å²) in [5, 5.41) is 11.3. The first kappa shape index (κ1) is 21.9. The highest BCUT2D eigenvalue weighted by Gasteiger charge is 2.22. The quantitative estimate of drug-likeness (QED) is 0.428. The molecule has 6 nitrogen and oxygen atoms in total. The predicted octanol–water partition coefficient (Wildman–Crippen LogP) is 4.59. The van der Waals surface area contributed by atoms with Gasteiger partial charge in [0.25, 0.3) is 5.91 Å². The van der Waals surface area contributed by atoms with Gasteiger partial charge < -0.3 is 14.5 Å². The van der Waals surface area contributed by atoms with Crippen molar-refractivity contribution in [3.8, 4) is 17.0 Å². The Balaban J connectivity index is 1.17. The maximum absolute atomic E-state index is 12.7. The fraction of sp³-hybridized carbons (Fsp3) is 0.250. The molecule has 0 unspecified atom stereocenters. The monoisotopic (exact) mass is 452 g/mol. The molecule has 6 heteroatoms. The molecule has 0 radical (unpaired) electrons. The SMILES string of the molecule is CCc1ccccc1OCC(=O)N1CCN(c2ccc(-c3ccc4ccccc4c3)nn2)CC1. The van der Waals surface area contributed by atoms with Crippen LogP contribution in [0.3, 0.4) is 0 Å². The Morgan fingerprint density at radius 2 is 1.62 bits per heavy atom. The molecule has 0 atom stereocenters. The number of piperazine rings is 1. The van der Waals surface area contributed by atoms with E-state index in [-0.39, 0.29) is 12.5 Å². The second kappa shape index (κ2) is 9.91. The maximum atomic E-state index is 12.7. The second-order valence-corrected chi connectivity index (χ2v) is 8.46. The summed E-state index contributed by atoms with van der Waals surface area (Å²) in [6, 6.07) is 26.5. The normalized spacial score (nSPS) is 13.8. The number of nitrogens with zero attached hydrogens (tertiary/aromatic N) is 4. The molecule has 1 saturated heterocycles. The van der Waals surface area contributed by atoms with Crippen molar-refractivity contribution >= 4 is 22.5 Å². The molecule has 1 aliphatic rings. The highest BCUT2D eigenvalue weighted by atomic mass is 16.5. The van der Waals surface area contributed by atoms with Crippen LogP contribution in [0, 0.1) is 0 Å². The van der Waals surface area contributed by atoms with Crippen LogP contribution in [0.1, 0.15) is 12.5 Å². The van der Waals surface area contributed by atoms with Gasteiger partial charge in [0, 0.05) is 31.7 Å². The molecule has 1 amide bonds. The Bertz CT molecular complexity index is 1280. The van der Waals surface area contributed by atoms with Crippen molar-refractivity contribution < 1.29 is 9.53 Å². The summed E-state index contributed by atoms with van der Waals surface area (Å²) >= 11 is 0. The van der Waals surface area contributed by atoms with E-state index in [1.165, 1.54) is 10.8 Å². The second-order valence-electron chi connectivity index (χ2n) is 8.46. The summed E-state index contributed by atoms with van der Waals surface area (Å²) in [5.41, 5.74) is 3.02. The number of hydrogen-bond donors (Lipinski definition) is 0. The van der Waals surface area contributed by atoms with E-state index in [0.29, 0.717) is 13.1 Å². The number of amides is 1. The molecule has 1 aliphatic heterocycles. The standard InChI is InChI=1S/C28H28N4O2/c1-2-21-7-5-6-10-26(21)34-20-28(33)32-17-15-31(16-18-32)27-14-13-25(29-30-27)24-12-11-22-8-3-4-9-23(22)19-24/h3-14,19H,2,15-18,20H2,1H3. The van der Waals surface area contributed by atoms with Crippen LogP contribution in [0.25, 0.3) is 22.0 Å². The third-order valence-corrected chi connectivity index (χ3v) is 6.36. The largest absolute Gasteiger partial charge is 0.483 e. The van der Waals surface area contributed by atoms with Crippen molar-refractivity contribution in [2.45, 2.75) is 13.3 Å². The first-order valence-electron chi connectivity index (χ1n) is 11.8. The molecule has 0 bridgehead atoms. The highest BCUT2D eigenvalue weighted by Crippen LogP contribution is 2.24. The van der Waals surface area contributed by atoms with Crippen molar-refractivity contribution in [1.29, 1.82) is 0 Å². The van der Waals surface area contributed by atoms with Crippen LogP contribution in [0.2, 0.25) is 0 Å². The predicted molar refractivity (Wildman–Crippen MR) is 135 cm³/mol. The van der Waals surface area contributed by atoms with Gasteiger partial charge in [0.1, 0.15) is 5.75 Å². The molecule has 172 valence electrons. The van der Waals surface area contributed by atoms with E-state index in [2.05, 4.69) is 52.4 Å². The van der Waals surface area contributed by atoms with Crippen LogP contribution in [0.4, 0.5) is 5.82 Å². The lowest BCUT2D eigenvalue weighted by Gasteiger charge is -2.35. The fourth-order valence-corrected chi connectivity index (χ4v) is 4.35. The van der Waals surface area contributed by atoms with Crippen LogP contribution in [-0.2, 0) is 11.2 Å². The summed E-state index contributed by atoms with van der Waals surface area (Å²) in [7, 11) is 0. The number of ether oxygens (including phenoxy) is 1. The molecular formula is C28H28N4O2. The van der Waals surface area contributed by atoms with Crippen LogP contribution in [0.15, 0.2) is 78.9 Å².